The van der Waals surface area contributed by atoms with Crippen molar-refractivity contribution in [2.45, 2.75) is 0 Å². The summed E-state index contributed by atoms with van der Waals surface area (Å²) in [6, 6.07) is -0.822. The third-order valence-electron chi connectivity index (χ3n) is 0.179. The van der Waals surface area contributed by atoms with Crippen LogP contribution in [-0.4, -0.2) is 6.03 Å². The molecule has 0 radical (unpaired) electrons. The van der Waals surface area contributed by atoms with Gasteiger partial charge >= 0.3 is 35.6 Å². The largest absolute Gasteiger partial charge is 1.00 e. The molecule has 0 heterocycles. The van der Waals surface area contributed by atoms with Crippen molar-refractivity contribution in [3.8, 4) is 6.19 Å². The average molecular weight is 109 g/mol. The summed E-state index contributed by atoms with van der Waals surface area (Å²) in [5.74, 6) is 0. The van der Waals surface area contributed by atoms with Crippen LogP contribution in [0.15, 0.2) is 0 Å². The number of primary amides is 1. The van der Waals surface area contributed by atoms with Gasteiger partial charge in [0.1, 0.15) is 0 Å². The van der Waals surface area contributed by atoms with Crippen molar-refractivity contribution in [1.29, 1.82) is 5.26 Å². The van der Waals surface area contributed by atoms with Gasteiger partial charge in [-0.25, -0.2) is 10.1 Å². The molecular weight excluding hydrogens is 105 g/mol. The Morgan fingerprint density at radius 1 is 2.00 bits per heavy atom. The van der Waals surface area contributed by atoms with Gasteiger partial charge in [-0.2, -0.15) is 5.26 Å². The van der Waals surface area contributed by atoms with Gasteiger partial charge < -0.3 is 7.16 Å². The van der Waals surface area contributed by atoms with Gasteiger partial charge in [0.2, 0.25) is 0 Å². The number of hydrogen-bond acceptors (Lipinski definition) is 2. The fourth-order valence-electron chi connectivity index (χ4n) is 0.0551. The minimum atomic E-state index is -0.822. The van der Waals surface area contributed by atoms with Crippen molar-refractivity contribution >= 4 is 6.03 Å². The SMILES string of the molecule is N#CNC(N)=O.[H-].[Na+]. The standard InChI is InChI=1S/C2H3N3O.Na.H/c3-1-5-2(4)6;;/h(H3,4,5,6);;/q;+1;-1. The molecule has 0 aromatic carbocycles. The van der Waals surface area contributed by atoms with E-state index in [0.717, 1.165) is 0 Å². The van der Waals surface area contributed by atoms with Gasteiger partial charge in [0.25, 0.3) is 0 Å². The number of rotatable bonds is 0. The molecule has 0 aliphatic rings. The second-order valence-corrected chi connectivity index (χ2v) is 0.601. The fraction of sp³-hybridized carbons (Fsp3) is 0. The number of nitrogens with one attached hydrogen (secondary N) is 1. The number of hydrogen-bond donors (Lipinski definition) is 2. The number of nitrogens with zero attached hydrogens (tertiary/aromatic N) is 1. The van der Waals surface area contributed by atoms with Gasteiger partial charge in [-0.1, -0.05) is 0 Å². The van der Waals surface area contributed by atoms with E-state index < -0.39 is 6.03 Å². The van der Waals surface area contributed by atoms with E-state index >= 15 is 0 Å². The topological polar surface area (TPSA) is 78.9 Å². The van der Waals surface area contributed by atoms with E-state index in [1.807, 2.05) is 0 Å². The molecule has 4 nitrogen and oxygen atoms in total. The molecule has 3 N–H and O–H groups in total. The van der Waals surface area contributed by atoms with E-state index in [1.165, 1.54) is 6.19 Å². The van der Waals surface area contributed by atoms with Gasteiger partial charge in [0.05, 0.1) is 0 Å². The molecule has 0 aliphatic carbocycles. The zero-order valence-electron chi connectivity index (χ0n) is 4.93. The first kappa shape index (κ1) is 9.90. The molecule has 0 aromatic rings. The van der Waals surface area contributed by atoms with Crippen LogP contribution in [0.1, 0.15) is 1.43 Å². The third-order valence-corrected chi connectivity index (χ3v) is 0.179. The summed E-state index contributed by atoms with van der Waals surface area (Å²) in [4.78, 5) is 9.49. The second kappa shape index (κ2) is 5.76. The number of urea groups is 1. The summed E-state index contributed by atoms with van der Waals surface area (Å²) in [7, 11) is 0. The monoisotopic (exact) mass is 109 g/mol. The minimum Gasteiger partial charge on any atom is -1.00 e. The molecule has 5 heteroatoms. The van der Waals surface area contributed by atoms with E-state index in [2.05, 4.69) is 5.73 Å². The van der Waals surface area contributed by atoms with Crippen molar-refractivity contribution in [1.82, 2.24) is 5.32 Å². The maximum atomic E-state index is 9.49. The van der Waals surface area contributed by atoms with Gasteiger partial charge in [-0.05, 0) is 0 Å². The first-order valence-electron chi connectivity index (χ1n) is 1.22. The Kier molecular flexibility index (Phi) is 8.15. The Hall–Kier alpha value is -0.240. The third kappa shape index (κ3) is 10.7. The van der Waals surface area contributed by atoms with Crippen LogP contribution in [0.5, 0.6) is 0 Å². The number of nitrogens with two attached hydrogens (primary N) is 1. The maximum Gasteiger partial charge on any atom is 1.00 e. The molecular formula is C2H4N3NaO. The molecule has 0 saturated heterocycles. The Labute approximate surface area is 64.4 Å². The molecule has 0 aromatic heterocycles. The summed E-state index contributed by atoms with van der Waals surface area (Å²) in [6.45, 7) is 0. The van der Waals surface area contributed by atoms with Crippen molar-refractivity contribution in [2.24, 2.45) is 5.73 Å². The first-order valence-corrected chi connectivity index (χ1v) is 1.22. The van der Waals surface area contributed by atoms with Crippen molar-refractivity contribution < 1.29 is 35.8 Å². The number of carbonyl (C=O) groups is 1. The molecule has 7 heavy (non-hydrogen) atoms. The number of carbonyl (C=O) groups excluding carboxylic acids is 1. The van der Waals surface area contributed by atoms with Crippen molar-refractivity contribution in [2.75, 3.05) is 0 Å². The molecule has 0 atom stereocenters. The molecule has 0 unspecified atom stereocenters. The smallest absolute Gasteiger partial charge is 1.00 e. The molecule has 0 aliphatic heterocycles. The summed E-state index contributed by atoms with van der Waals surface area (Å²) in [5.41, 5.74) is 4.43. The van der Waals surface area contributed by atoms with Gasteiger partial charge in [-0.15, -0.1) is 0 Å². The van der Waals surface area contributed by atoms with Crippen LogP contribution in [0.25, 0.3) is 0 Å². The molecule has 0 spiro atoms. The Morgan fingerprint density at radius 3 is 2.43 bits per heavy atom. The van der Waals surface area contributed by atoms with Crippen molar-refractivity contribution in [3.63, 3.8) is 0 Å². The van der Waals surface area contributed by atoms with Crippen LogP contribution >= 0.6 is 0 Å². The zero-order valence-corrected chi connectivity index (χ0v) is 5.93. The fourth-order valence-corrected chi connectivity index (χ4v) is 0.0551. The summed E-state index contributed by atoms with van der Waals surface area (Å²) >= 11 is 0. The molecule has 0 saturated carbocycles. The van der Waals surface area contributed by atoms with E-state index in [1.54, 1.807) is 5.32 Å². The maximum absolute atomic E-state index is 9.49. The van der Waals surface area contributed by atoms with E-state index in [0.29, 0.717) is 0 Å². The van der Waals surface area contributed by atoms with Crippen LogP contribution in [0.4, 0.5) is 4.79 Å². The summed E-state index contributed by atoms with van der Waals surface area (Å²) < 4.78 is 0. The van der Waals surface area contributed by atoms with Gasteiger partial charge in [0.15, 0.2) is 6.19 Å². The first-order chi connectivity index (χ1) is 2.77. The van der Waals surface area contributed by atoms with E-state index in [-0.39, 0.29) is 31.0 Å². The zero-order chi connectivity index (χ0) is 4.99. The minimum absolute atomic E-state index is 0. The number of amides is 2. The molecule has 2 amide bonds. The van der Waals surface area contributed by atoms with Crippen LogP contribution in [0, 0.1) is 11.5 Å². The van der Waals surface area contributed by atoms with E-state index in [9.17, 15) is 4.79 Å². The summed E-state index contributed by atoms with van der Waals surface area (Å²) in [6.07, 6.45) is 1.34. The van der Waals surface area contributed by atoms with Gasteiger partial charge in [0, 0.05) is 0 Å². The molecule has 0 bridgehead atoms. The Balaban J connectivity index is -0.000000125. The van der Waals surface area contributed by atoms with Crippen LogP contribution in [0.3, 0.4) is 0 Å². The van der Waals surface area contributed by atoms with E-state index in [4.69, 9.17) is 5.26 Å². The molecule has 0 fully saturated rings. The molecule has 34 valence electrons. The van der Waals surface area contributed by atoms with Gasteiger partial charge in [-0.3, -0.25) is 0 Å². The Morgan fingerprint density at radius 2 is 2.43 bits per heavy atom. The second-order valence-electron chi connectivity index (χ2n) is 0.601. The summed E-state index contributed by atoms with van der Waals surface area (Å²) in [5, 5.41) is 9.23. The predicted octanol–water partition coefficient (Wildman–Crippen LogP) is -3.75. The molecule has 0 rings (SSSR count). The average Bonchev–Trinajstić information content (AvgIpc) is 1.35. The van der Waals surface area contributed by atoms with Crippen LogP contribution < -0.4 is 40.6 Å². The Bertz CT molecular complexity index is 99.9. The van der Waals surface area contributed by atoms with Crippen LogP contribution in [-0.2, 0) is 0 Å². The van der Waals surface area contributed by atoms with Crippen molar-refractivity contribution in [3.05, 3.63) is 0 Å². The predicted molar refractivity (Wildman–Crippen MR) is 19.4 cm³/mol. The quantitative estimate of drug-likeness (QED) is 0.190. The van der Waals surface area contributed by atoms with Crippen LogP contribution in [0.2, 0.25) is 0 Å². The normalized spacial score (nSPS) is 5.00. The number of nitriles is 1.